The lowest BCUT2D eigenvalue weighted by atomic mass is 10.1. The van der Waals surface area contributed by atoms with Crippen molar-refractivity contribution < 1.29 is 18.7 Å². The number of anilines is 1. The molecule has 0 bridgehead atoms. The fourth-order valence-corrected chi connectivity index (χ4v) is 2.57. The highest BCUT2D eigenvalue weighted by atomic mass is 16.5. The summed E-state index contributed by atoms with van der Waals surface area (Å²) in [5.41, 5.74) is 2.44. The van der Waals surface area contributed by atoms with Gasteiger partial charge in [-0.25, -0.2) is 4.79 Å². The van der Waals surface area contributed by atoms with E-state index in [4.69, 9.17) is 13.9 Å². The van der Waals surface area contributed by atoms with Crippen LogP contribution in [0.5, 0.6) is 11.5 Å². The van der Waals surface area contributed by atoms with E-state index in [0.717, 1.165) is 5.56 Å². The van der Waals surface area contributed by atoms with Crippen LogP contribution >= 0.6 is 0 Å². The highest BCUT2D eigenvalue weighted by Gasteiger charge is 2.12. The number of rotatable bonds is 5. The van der Waals surface area contributed by atoms with E-state index in [0.29, 0.717) is 28.3 Å². The number of fused-ring (bicyclic) bond motifs is 1. The summed E-state index contributed by atoms with van der Waals surface area (Å²) in [7, 11) is 4.71. The number of nitrogens with zero attached hydrogens (tertiary/aromatic N) is 1. The summed E-state index contributed by atoms with van der Waals surface area (Å²) < 4.78 is 16.9. The lowest BCUT2D eigenvalue weighted by Gasteiger charge is -2.11. The molecule has 2 aromatic carbocycles. The minimum Gasteiger partial charge on any atom is -0.497 e. The Balaban J connectivity index is 1.81. The summed E-state index contributed by atoms with van der Waals surface area (Å²) in [5.74, 6) is 0.518. The summed E-state index contributed by atoms with van der Waals surface area (Å²) >= 11 is 0. The number of methoxy groups -OCH3 is 2. The van der Waals surface area contributed by atoms with Gasteiger partial charge in [0, 0.05) is 13.1 Å². The maximum atomic E-state index is 12.4. The van der Waals surface area contributed by atoms with Crippen LogP contribution in [0.1, 0.15) is 5.56 Å². The van der Waals surface area contributed by atoms with Gasteiger partial charge in [-0.05, 0) is 29.8 Å². The van der Waals surface area contributed by atoms with Crippen LogP contribution in [0.15, 0.2) is 45.6 Å². The molecule has 0 saturated heterocycles. The lowest BCUT2D eigenvalue weighted by molar-refractivity contribution is -0.115. The van der Waals surface area contributed by atoms with E-state index in [1.165, 1.54) is 11.7 Å². The predicted octanol–water partition coefficient (Wildman–Crippen LogP) is 2.33. The fraction of sp³-hybridized carbons (Fsp3) is 0.222. The maximum absolute atomic E-state index is 12.4. The quantitative estimate of drug-likeness (QED) is 0.769. The van der Waals surface area contributed by atoms with E-state index < -0.39 is 5.76 Å². The van der Waals surface area contributed by atoms with Crippen LogP contribution in [0.4, 0.5) is 5.69 Å². The number of nitrogens with one attached hydrogen (secondary N) is 1. The van der Waals surface area contributed by atoms with Gasteiger partial charge in [0.25, 0.3) is 0 Å². The molecule has 0 fully saturated rings. The summed E-state index contributed by atoms with van der Waals surface area (Å²) in [6.45, 7) is 0. The molecule has 0 atom stereocenters. The predicted molar refractivity (Wildman–Crippen MR) is 93.3 cm³/mol. The van der Waals surface area contributed by atoms with Crippen molar-refractivity contribution in [2.75, 3.05) is 19.5 Å². The van der Waals surface area contributed by atoms with Crippen molar-refractivity contribution in [2.24, 2.45) is 7.05 Å². The number of aryl methyl sites for hydroxylation is 1. The van der Waals surface area contributed by atoms with E-state index in [1.807, 2.05) is 0 Å². The van der Waals surface area contributed by atoms with Crippen molar-refractivity contribution in [1.82, 2.24) is 4.57 Å². The Morgan fingerprint density at radius 3 is 2.68 bits per heavy atom. The summed E-state index contributed by atoms with van der Waals surface area (Å²) in [5, 5.41) is 2.82. The standard InChI is InChI=1S/C18H18N2O5/c1-20-14-8-11(4-6-16(14)25-18(20)22)9-17(21)19-13-10-12(23-2)5-7-15(13)24-3/h4-8,10H,9H2,1-3H3,(H,19,21). The Bertz CT molecular complexity index is 987. The molecule has 1 amide bonds. The van der Waals surface area contributed by atoms with E-state index >= 15 is 0 Å². The molecular weight excluding hydrogens is 324 g/mol. The molecule has 0 saturated carbocycles. The van der Waals surface area contributed by atoms with Crippen molar-refractivity contribution in [2.45, 2.75) is 6.42 Å². The average molecular weight is 342 g/mol. The number of ether oxygens (including phenoxy) is 2. The molecule has 0 aliphatic heterocycles. The summed E-state index contributed by atoms with van der Waals surface area (Å²) in [4.78, 5) is 23.9. The number of hydrogen-bond donors (Lipinski definition) is 1. The Labute approximate surface area is 143 Å². The van der Waals surface area contributed by atoms with Gasteiger partial charge >= 0.3 is 5.76 Å². The molecule has 7 heteroatoms. The van der Waals surface area contributed by atoms with E-state index in [-0.39, 0.29) is 12.3 Å². The van der Waals surface area contributed by atoms with Gasteiger partial charge in [0.2, 0.25) is 5.91 Å². The Morgan fingerprint density at radius 1 is 1.16 bits per heavy atom. The van der Waals surface area contributed by atoms with Crippen molar-refractivity contribution >= 4 is 22.7 Å². The highest BCUT2D eigenvalue weighted by molar-refractivity contribution is 5.94. The van der Waals surface area contributed by atoms with Crippen LogP contribution < -0.4 is 20.5 Å². The second-order valence-corrected chi connectivity index (χ2v) is 5.52. The van der Waals surface area contributed by atoms with E-state index in [1.54, 1.807) is 50.6 Å². The van der Waals surface area contributed by atoms with Crippen molar-refractivity contribution in [3.63, 3.8) is 0 Å². The third-order valence-corrected chi connectivity index (χ3v) is 3.90. The molecule has 1 N–H and O–H groups in total. The third kappa shape index (κ3) is 3.35. The van der Waals surface area contributed by atoms with Gasteiger partial charge in [-0.3, -0.25) is 9.36 Å². The molecule has 0 spiro atoms. The monoisotopic (exact) mass is 342 g/mol. The maximum Gasteiger partial charge on any atom is 0.419 e. The van der Waals surface area contributed by atoms with E-state index in [9.17, 15) is 9.59 Å². The number of amides is 1. The number of aromatic nitrogens is 1. The van der Waals surface area contributed by atoms with Crippen LogP contribution in [0.3, 0.4) is 0 Å². The number of oxazole rings is 1. The lowest BCUT2D eigenvalue weighted by Crippen LogP contribution is -2.15. The van der Waals surface area contributed by atoms with Gasteiger partial charge in [0.15, 0.2) is 5.58 Å². The molecule has 25 heavy (non-hydrogen) atoms. The Hall–Kier alpha value is -3.22. The van der Waals surface area contributed by atoms with Crippen LogP contribution in [-0.4, -0.2) is 24.7 Å². The van der Waals surface area contributed by atoms with Gasteiger partial charge in [-0.1, -0.05) is 6.07 Å². The average Bonchev–Trinajstić information content (AvgIpc) is 2.89. The summed E-state index contributed by atoms with van der Waals surface area (Å²) in [6.07, 6.45) is 0.148. The van der Waals surface area contributed by atoms with Gasteiger partial charge in [0.1, 0.15) is 11.5 Å². The Morgan fingerprint density at radius 2 is 1.96 bits per heavy atom. The number of carbonyl (C=O) groups excluding carboxylic acids is 1. The molecule has 3 aromatic rings. The largest absolute Gasteiger partial charge is 0.497 e. The van der Waals surface area contributed by atoms with Crippen molar-refractivity contribution in [3.05, 3.63) is 52.5 Å². The van der Waals surface area contributed by atoms with Gasteiger partial charge < -0.3 is 19.2 Å². The van der Waals surface area contributed by atoms with Gasteiger partial charge in [-0.2, -0.15) is 0 Å². The molecule has 0 unspecified atom stereocenters. The molecule has 0 aliphatic carbocycles. The number of hydrogen-bond acceptors (Lipinski definition) is 5. The zero-order valence-corrected chi connectivity index (χ0v) is 14.2. The minimum absolute atomic E-state index is 0.148. The first-order chi connectivity index (χ1) is 12.0. The smallest absolute Gasteiger partial charge is 0.419 e. The molecule has 130 valence electrons. The first-order valence-electron chi connectivity index (χ1n) is 7.62. The van der Waals surface area contributed by atoms with Crippen LogP contribution in [-0.2, 0) is 18.3 Å². The number of benzene rings is 2. The normalized spacial score (nSPS) is 10.7. The number of carbonyl (C=O) groups is 1. The van der Waals surface area contributed by atoms with Crippen LogP contribution in [0.25, 0.3) is 11.1 Å². The molecule has 0 radical (unpaired) electrons. The third-order valence-electron chi connectivity index (χ3n) is 3.90. The zero-order valence-electron chi connectivity index (χ0n) is 14.2. The van der Waals surface area contributed by atoms with Crippen LogP contribution in [0.2, 0.25) is 0 Å². The second kappa shape index (κ2) is 6.72. The minimum atomic E-state index is -0.433. The van der Waals surface area contributed by atoms with Gasteiger partial charge in [0.05, 0.1) is 31.8 Å². The molecule has 1 aromatic heterocycles. The molecule has 3 rings (SSSR count). The van der Waals surface area contributed by atoms with Crippen LogP contribution in [0, 0.1) is 0 Å². The van der Waals surface area contributed by atoms with Crippen molar-refractivity contribution in [1.29, 1.82) is 0 Å². The SMILES string of the molecule is COc1ccc(OC)c(NC(=O)Cc2ccc3oc(=O)n(C)c3c2)c1. The molecular formula is C18H18N2O5. The first-order valence-corrected chi connectivity index (χ1v) is 7.62. The zero-order chi connectivity index (χ0) is 18.0. The van der Waals surface area contributed by atoms with Crippen molar-refractivity contribution in [3.8, 4) is 11.5 Å². The molecule has 1 heterocycles. The van der Waals surface area contributed by atoms with E-state index in [2.05, 4.69) is 5.32 Å². The topological polar surface area (TPSA) is 82.7 Å². The highest BCUT2D eigenvalue weighted by Crippen LogP contribution is 2.29. The molecule has 0 aliphatic rings. The second-order valence-electron chi connectivity index (χ2n) is 5.52. The molecule has 7 nitrogen and oxygen atoms in total. The summed E-state index contributed by atoms with van der Waals surface area (Å²) in [6, 6.07) is 10.4. The first kappa shape index (κ1) is 16.6. The van der Waals surface area contributed by atoms with Gasteiger partial charge in [-0.15, -0.1) is 0 Å². The fourth-order valence-electron chi connectivity index (χ4n) is 2.57. The Kier molecular flexibility index (Phi) is 4.47.